The molecule has 2 rings (SSSR count). The lowest BCUT2D eigenvalue weighted by Gasteiger charge is -2.21. The van der Waals surface area contributed by atoms with Crippen LogP contribution in [-0.2, 0) is 0 Å². The molecule has 1 aromatic rings. The second-order valence-corrected chi connectivity index (χ2v) is 5.68. The Hall–Kier alpha value is -0.740. The number of piperidine rings is 1. The molecule has 1 N–H and O–H groups in total. The summed E-state index contributed by atoms with van der Waals surface area (Å²) in [5, 5.41) is 4.02. The van der Waals surface area contributed by atoms with Crippen LogP contribution in [0.5, 0.6) is 0 Å². The number of Topliss-reactive ketones (excluding diaryl/α,β-unsaturated/α-hetero) is 1. The third-order valence-corrected chi connectivity index (χ3v) is 4.31. The summed E-state index contributed by atoms with van der Waals surface area (Å²) >= 11 is 1.53. The van der Waals surface area contributed by atoms with Crippen LogP contribution in [0, 0.1) is 19.8 Å². The average molecular weight is 238 g/mol. The normalized spacial score (nSPS) is 17.6. The van der Waals surface area contributed by atoms with E-state index >= 15 is 0 Å². The van der Waals surface area contributed by atoms with Crippen molar-refractivity contribution in [2.45, 2.75) is 33.1 Å². The Labute approximate surface area is 100 Å². The number of carbonyl (C=O) groups is 1. The van der Waals surface area contributed by atoms with Gasteiger partial charge in [0.1, 0.15) is 0 Å². The molecule has 0 amide bonds. The lowest BCUT2D eigenvalue weighted by Crippen LogP contribution is -2.28. The van der Waals surface area contributed by atoms with Gasteiger partial charge in [-0.2, -0.15) is 0 Å². The minimum Gasteiger partial charge on any atom is -0.317 e. The fraction of sp³-hybridized carbons (Fsp3) is 0.667. The van der Waals surface area contributed by atoms with E-state index in [0.29, 0.717) is 17.3 Å². The number of hydrogen-bond acceptors (Lipinski definition) is 4. The second-order valence-electron chi connectivity index (χ2n) is 4.48. The summed E-state index contributed by atoms with van der Waals surface area (Å²) in [6.07, 6.45) is 2.91. The van der Waals surface area contributed by atoms with Gasteiger partial charge >= 0.3 is 0 Å². The first-order chi connectivity index (χ1) is 7.66. The molecule has 0 spiro atoms. The highest BCUT2D eigenvalue weighted by atomic mass is 32.1. The molecule has 88 valence electrons. The Morgan fingerprint density at radius 3 is 2.69 bits per heavy atom. The Balaban J connectivity index is 1.96. The predicted molar refractivity (Wildman–Crippen MR) is 66.1 cm³/mol. The minimum atomic E-state index is 0.230. The molecule has 3 nitrogen and oxygen atoms in total. The average Bonchev–Trinajstić information content (AvgIpc) is 2.61. The predicted octanol–water partition coefficient (Wildman–Crippen LogP) is 2.33. The van der Waals surface area contributed by atoms with E-state index in [1.54, 1.807) is 0 Å². The van der Waals surface area contributed by atoms with Crippen molar-refractivity contribution in [1.82, 2.24) is 10.3 Å². The first-order valence-corrected chi connectivity index (χ1v) is 6.66. The highest BCUT2D eigenvalue weighted by molar-refractivity contribution is 7.13. The number of carbonyl (C=O) groups excluding carboxylic acids is 1. The molecule has 1 saturated heterocycles. The van der Waals surface area contributed by atoms with Crippen molar-refractivity contribution in [2.24, 2.45) is 5.92 Å². The third kappa shape index (κ3) is 2.68. The standard InChI is InChI=1S/C12H18N2OS/c1-8-9(2)16-12(14-8)11(15)7-10-3-5-13-6-4-10/h10,13H,3-7H2,1-2H3. The largest absolute Gasteiger partial charge is 0.317 e. The molecule has 1 aromatic heterocycles. The Kier molecular flexibility index (Phi) is 3.71. The molecule has 1 fully saturated rings. The molecule has 2 heterocycles. The number of nitrogens with zero attached hydrogens (tertiary/aromatic N) is 1. The molecule has 0 bridgehead atoms. The van der Waals surface area contributed by atoms with Gasteiger partial charge in [0.05, 0.1) is 5.69 Å². The van der Waals surface area contributed by atoms with Gasteiger partial charge in [-0.1, -0.05) is 0 Å². The Bertz CT molecular complexity index is 361. The van der Waals surface area contributed by atoms with Crippen molar-refractivity contribution < 1.29 is 4.79 Å². The highest BCUT2D eigenvalue weighted by Gasteiger charge is 2.20. The fourth-order valence-electron chi connectivity index (χ4n) is 2.03. The number of hydrogen-bond donors (Lipinski definition) is 1. The van der Waals surface area contributed by atoms with Gasteiger partial charge in [0.2, 0.25) is 0 Å². The first kappa shape index (κ1) is 11.7. The summed E-state index contributed by atoms with van der Waals surface area (Å²) in [5.41, 5.74) is 0.999. The van der Waals surface area contributed by atoms with E-state index in [1.807, 2.05) is 13.8 Å². The van der Waals surface area contributed by atoms with E-state index in [2.05, 4.69) is 10.3 Å². The van der Waals surface area contributed by atoms with Crippen LogP contribution < -0.4 is 5.32 Å². The second kappa shape index (κ2) is 5.06. The molecule has 16 heavy (non-hydrogen) atoms. The van der Waals surface area contributed by atoms with Crippen molar-refractivity contribution in [3.05, 3.63) is 15.6 Å². The molecule has 4 heteroatoms. The maximum absolute atomic E-state index is 12.0. The third-order valence-electron chi connectivity index (χ3n) is 3.20. The summed E-state index contributed by atoms with van der Waals surface area (Å²) < 4.78 is 0. The summed E-state index contributed by atoms with van der Waals surface area (Å²) in [6.45, 7) is 6.09. The summed E-state index contributed by atoms with van der Waals surface area (Å²) in [7, 11) is 0. The van der Waals surface area contributed by atoms with Gasteiger partial charge in [-0.15, -0.1) is 11.3 Å². The van der Waals surface area contributed by atoms with Crippen molar-refractivity contribution >= 4 is 17.1 Å². The van der Waals surface area contributed by atoms with Crippen molar-refractivity contribution in [2.75, 3.05) is 13.1 Å². The molecule has 0 radical (unpaired) electrons. The molecule has 0 aliphatic carbocycles. The van der Waals surface area contributed by atoms with Crippen LogP contribution in [0.15, 0.2) is 0 Å². The van der Waals surface area contributed by atoms with Gasteiger partial charge in [0.15, 0.2) is 10.8 Å². The van der Waals surface area contributed by atoms with Gasteiger partial charge in [0, 0.05) is 11.3 Å². The van der Waals surface area contributed by atoms with Gasteiger partial charge in [-0.05, 0) is 45.7 Å². The highest BCUT2D eigenvalue weighted by Crippen LogP contribution is 2.22. The quantitative estimate of drug-likeness (QED) is 0.822. The smallest absolute Gasteiger partial charge is 0.191 e. The van der Waals surface area contributed by atoms with Gasteiger partial charge in [-0.3, -0.25) is 4.79 Å². The summed E-state index contributed by atoms with van der Waals surface area (Å²) in [6, 6.07) is 0. The van der Waals surface area contributed by atoms with Gasteiger partial charge in [0.25, 0.3) is 0 Å². The van der Waals surface area contributed by atoms with E-state index in [0.717, 1.165) is 36.5 Å². The van der Waals surface area contributed by atoms with Crippen LogP contribution >= 0.6 is 11.3 Å². The summed E-state index contributed by atoms with van der Waals surface area (Å²) in [4.78, 5) is 17.5. The maximum Gasteiger partial charge on any atom is 0.191 e. The zero-order chi connectivity index (χ0) is 11.5. The van der Waals surface area contributed by atoms with E-state index in [9.17, 15) is 4.79 Å². The van der Waals surface area contributed by atoms with E-state index < -0.39 is 0 Å². The molecular formula is C12H18N2OS. The molecule has 1 aliphatic heterocycles. The number of nitrogens with one attached hydrogen (secondary N) is 1. The Morgan fingerprint density at radius 1 is 1.44 bits per heavy atom. The molecule has 0 atom stereocenters. The number of ketones is 1. The molecule has 0 aromatic carbocycles. The number of aryl methyl sites for hydroxylation is 2. The molecular weight excluding hydrogens is 220 g/mol. The van der Waals surface area contributed by atoms with Gasteiger partial charge in [-0.25, -0.2) is 4.98 Å². The lowest BCUT2D eigenvalue weighted by molar-refractivity contribution is 0.0952. The van der Waals surface area contributed by atoms with Crippen molar-refractivity contribution in [3.63, 3.8) is 0 Å². The van der Waals surface area contributed by atoms with Crippen LogP contribution in [-0.4, -0.2) is 23.9 Å². The molecule has 0 unspecified atom stereocenters. The maximum atomic E-state index is 12.0. The topological polar surface area (TPSA) is 42.0 Å². The van der Waals surface area contributed by atoms with E-state index in [4.69, 9.17) is 0 Å². The van der Waals surface area contributed by atoms with Gasteiger partial charge < -0.3 is 5.32 Å². The van der Waals surface area contributed by atoms with Crippen LogP contribution in [0.2, 0.25) is 0 Å². The number of aromatic nitrogens is 1. The van der Waals surface area contributed by atoms with Crippen molar-refractivity contribution in [3.8, 4) is 0 Å². The lowest BCUT2D eigenvalue weighted by atomic mass is 9.93. The Morgan fingerprint density at radius 2 is 2.12 bits per heavy atom. The first-order valence-electron chi connectivity index (χ1n) is 5.84. The molecule has 1 aliphatic rings. The van der Waals surface area contributed by atoms with Crippen LogP contribution in [0.1, 0.15) is 39.6 Å². The van der Waals surface area contributed by atoms with E-state index in [1.165, 1.54) is 11.3 Å². The van der Waals surface area contributed by atoms with Crippen LogP contribution in [0.4, 0.5) is 0 Å². The van der Waals surface area contributed by atoms with E-state index in [-0.39, 0.29) is 5.78 Å². The summed E-state index contributed by atoms with van der Waals surface area (Å²) in [5.74, 6) is 0.784. The zero-order valence-corrected chi connectivity index (χ0v) is 10.7. The number of thiazole rings is 1. The number of rotatable bonds is 3. The van der Waals surface area contributed by atoms with Crippen LogP contribution in [0.3, 0.4) is 0 Å². The SMILES string of the molecule is Cc1nc(C(=O)CC2CCNCC2)sc1C. The molecule has 0 saturated carbocycles. The van der Waals surface area contributed by atoms with Crippen LogP contribution in [0.25, 0.3) is 0 Å². The van der Waals surface area contributed by atoms with Crippen molar-refractivity contribution in [1.29, 1.82) is 0 Å². The fourth-order valence-corrected chi connectivity index (χ4v) is 2.89. The minimum absolute atomic E-state index is 0.230. The monoisotopic (exact) mass is 238 g/mol. The zero-order valence-electron chi connectivity index (χ0n) is 9.88.